The molecule has 1 amide bonds. The van der Waals surface area contributed by atoms with E-state index in [1.165, 1.54) is 17.7 Å². The topological polar surface area (TPSA) is 23.6 Å². The third-order valence-electron chi connectivity index (χ3n) is 5.07. The highest BCUT2D eigenvalue weighted by Gasteiger charge is 2.26. The maximum absolute atomic E-state index is 13.7. The van der Waals surface area contributed by atoms with Gasteiger partial charge in [0, 0.05) is 31.7 Å². The number of hydrogen-bond donors (Lipinski definition) is 0. The predicted octanol–water partition coefficient (Wildman–Crippen LogP) is 4.26. The average Bonchev–Trinajstić information content (AvgIpc) is 2.68. The van der Waals surface area contributed by atoms with Crippen LogP contribution in [0, 0.1) is 5.82 Å². The van der Waals surface area contributed by atoms with Crippen LogP contribution in [0.15, 0.2) is 48.5 Å². The fourth-order valence-electron chi connectivity index (χ4n) is 3.48. The van der Waals surface area contributed by atoms with Crippen molar-refractivity contribution in [2.75, 3.05) is 26.7 Å². The molecule has 0 N–H and O–H groups in total. The van der Waals surface area contributed by atoms with E-state index in [1.54, 1.807) is 18.0 Å². The summed E-state index contributed by atoms with van der Waals surface area (Å²) in [6.07, 6.45) is 3.04. The zero-order chi connectivity index (χ0) is 18.5. The van der Waals surface area contributed by atoms with E-state index in [-0.39, 0.29) is 17.0 Å². The number of hydrogen-bond acceptors (Lipinski definition) is 2. The monoisotopic (exact) mass is 374 g/mol. The van der Waals surface area contributed by atoms with Gasteiger partial charge in [-0.3, -0.25) is 4.79 Å². The van der Waals surface area contributed by atoms with Crippen molar-refractivity contribution in [3.8, 4) is 0 Å². The molecule has 1 saturated heterocycles. The van der Waals surface area contributed by atoms with Crippen LogP contribution in [0.3, 0.4) is 0 Å². The van der Waals surface area contributed by atoms with Gasteiger partial charge in [-0.15, -0.1) is 0 Å². The molecule has 0 radical (unpaired) electrons. The van der Waals surface area contributed by atoms with Crippen molar-refractivity contribution in [2.45, 2.75) is 25.3 Å². The van der Waals surface area contributed by atoms with Gasteiger partial charge in [0.1, 0.15) is 5.82 Å². The van der Waals surface area contributed by atoms with Crippen molar-refractivity contribution in [3.05, 3.63) is 70.5 Å². The van der Waals surface area contributed by atoms with E-state index in [0.29, 0.717) is 5.56 Å². The molecule has 0 unspecified atom stereocenters. The maximum atomic E-state index is 13.7. The highest BCUT2D eigenvalue weighted by Crippen LogP contribution is 2.20. The average molecular weight is 375 g/mol. The first kappa shape index (κ1) is 18.9. The summed E-state index contributed by atoms with van der Waals surface area (Å²) in [5.74, 6) is -0.713. The molecule has 0 aliphatic carbocycles. The first-order valence-corrected chi connectivity index (χ1v) is 9.41. The van der Waals surface area contributed by atoms with Gasteiger partial charge < -0.3 is 9.80 Å². The Morgan fingerprint density at radius 2 is 2.04 bits per heavy atom. The first-order valence-electron chi connectivity index (χ1n) is 9.03. The minimum atomic E-state index is -0.556. The van der Waals surface area contributed by atoms with Crippen molar-refractivity contribution in [3.63, 3.8) is 0 Å². The Morgan fingerprint density at radius 3 is 2.77 bits per heavy atom. The Kier molecular flexibility index (Phi) is 6.28. The summed E-state index contributed by atoms with van der Waals surface area (Å²) in [7, 11) is 1.81. The molecule has 2 aromatic carbocycles. The summed E-state index contributed by atoms with van der Waals surface area (Å²) < 4.78 is 13.7. The second kappa shape index (κ2) is 8.65. The van der Waals surface area contributed by atoms with Gasteiger partial charge in [-0.2, -0.15) is 0 Å². The lowest BCUT2D eigenvalue weighted by molar-refractivity contribution is 0.0619. The Balaban J connectivity index is 1.59. The van der Waals surface area contributed by atoms with Crippen LogP contribution in [-0.4, -0.2) is 48.4 Å². The molecule has 1 heterocycles. The first-order chi connectivity index (χ1) is 12.5. The number of carbonyl (C=O) groups excluding carboxylic acids is 1. The summed E-state index contributed by atoms with van der Waals surface area (Å²) in [5, 5.41) is 0.0361. The number of likely N-dealkylation sites (tertiary alicyclic amines) is 1. The van der Waals surface area contributed by atoms with Crippen LogP contribution in [0.5, 0.6) is 0 Å². The molecule has 1 fully saturated rings. The quantitative estimate of drug-likeness (QED) is 0.780. The molecule has 5 heteroatoms. The molecule has 1 atom stereocenters. The van der Waals surface area contributed by atoms with E-state index < -0.39 is 5.82 Å². The molecule has 0 bridgehead atoms. The highest BCUT2D eigenvalue weighted by molar-refractivity contribution is 6.30. The number of carbonyl (C=O) groups is 1. The summed E-state index contributed by atoms with van der Waals surface area (Å²) in [5.41, 5.74) is 1.67. The summed E-state index contributed by atoms with van der Waals surface area (Å²) in [6.45, 7) is 2.89. The van der Waals surface area contributed by atoms with E-state index in [2.05, 4.69) is 29.2 Å². The molecule has 0 saturated carbocycles. The number of benzene rings is 2. The molecular weight excluding hydrogens is 351 g/mol. The third kappa shape index (κ3) is 4.63. The van der Waals surface area contributed by atoms with Gasteiger partial charge in [-0.25, -0.2) is 4.39 Å². The number of halogens is 2. The van der Waals surface area contributed by atoms with Gasteiger partial charge in [0.25, 0.3) is 5.91 Å². The lowest BCUT2D eigenvalue weighted by Gasteiger charge is -2.37. The second-order valence-corrected chi connectivity index (χ2v) is 7.28. The van der Waals surface area contributed by atoms with E-state index in [9.17, 15) is 9.18 Å². The smallest absolute Gasteiger partial charge is 0.253 e. The lowest BCUT2D eigenvalue weighted by Crippen LogP contribution is -2.49. The number of likely N-dealkylation sites (N-methyl/N-ethyl adjacent to an activating group) is 1. The Morgan fingerprint density at radius 1 is 1.27 bits per heavy atom. The fourth-order valence-corrected chi connectivity index (χ4v) is 3.60. The molecule has 1 aliphatic rings. The Labute approximate surface area is 159 Å². The van der Waals surface area contributed by atoms with Crippen LogP contribution in [-0.2, 0) is 6.42 Å². The second-order valence-electron chi connectivity index (χ2n) is 6.88. The van der Waals surface area contributed by atoms with Crippen LogP contribution < -0.4 is 0 Å². The van der Waals surface area contributed by atoms with Gasteiger partial charge in [0.2, 0.25) is 0 Å². The minimum absolute atomic E-state index is 0.0361. The highest BCUT2D eigenvalue weighted by atomic mass is 35.5. The van der Waals surface area contributed by atoms with Crippen LogP contribution in [0.1, 0.15) is 28.8 Å². The molecular formula is C21H24ClFN2O. The lowest BCUT2D eigenvalue weighted by atomic mass is 10.0. The SMILES string of the molecule is CN(C(=O)c1ccc(Cl)c(F)c1)[C@H]1CCCN(CCc2ccccc2)C1. The number of rotatable bonds is 5. The molecule has 0 aromatic heterocycles. The molecule has 26 heavy (non-hydrogen) atoms. The van der Waals surface area contributed by atoms with Gasteiger partial charge in [0.05, 0.1) is 5.02 Å². The van der Waals surface area contributed by atoms with Crippen molar-refractivity contribution in [1.82, 2.24) is 9.80 Å². The summed E-state index contributed by atoms with van der Waals surface area (Å²) in [6, 6.07) is 14.8. The summed E-state index contributed by atoms with van der Waals surface area (Å²) in [4.78, 5) is 16.8. The van der Waals surface area contributed by atoms with Crippen LogP contribution in [0.2, 0.25) is 5.02 Å². The zero-order valence-corrected chi connectivity index (χ0v) is 15.8. The van der Waals surface area contributed by atoms with E-state index in [0.717, 1.165) is 38.9 Å². The molecule has 2 aromatic rings. The van der Waals surface area contributed by atoms with Crippen molar-refractivity contribution in [1.29, 1.82) is 0 Å². The fraction of sp³-hybridized carbons (Fsp3) is 0.381. The van der Waals surface area contributed by atoms with Gasteiger partial charge in [-0.1, -0.05) is 41.9 Å². The van der Waals surface area contributed by atoms with Gasteiger partial charge in [0.15, 0.2) is 0 Å². The third-order valence-corrected chi connectivity index (χ3v) is 5.38. The Bertz CT molecular complexity index is 753. The molecule has 3 nitrogen and oxygen atoms in total. The maximum Gasteiger partial charge on any atom is 0.253 e. The van der Waals surface area contributed by atoms with Crippen molar-refractivity contribution < 1.29 is 9.18 Å². The summed E-state index contributed by atoms with van der Waals surface area (Å²) >= 11 is 5.71. The standard InChI is InChI=1S/C21H24ClFN2O/c1-24(21(26)17-9-10-19(22)20(23)14-17)18-8-5-12-25(15-18)13-11-16-6-3-2-4-7-16/h2-4,6-7,9-10,14,18H,5,8,11-13,15H2,1H3/t18-/m0/s1. The molecule has 138 valence electrons. The zero-order valence-electron chi connectivity index (χ0n) is 15.0. The van der Waals surface area contributed by atoms with Crippen LogP contribution >= 0.6 is 11.6 Å². The van der Waals surface area contributed by atoms with Crippen LogP contribution in [0.4, 0.5) is 4.39 Å². The largest absolute Gasteiger partial charge is 0.337 e. The molecule has 1 aliphatic heterocycles. The van der Waals surface area contributed by atoms with E-state index in [4.69, 9.17) is 11.6 Å². The van der Waals surface area contributed by atoms with Crippen LogP contribution in [0.25, 0.3) is 0 Å². The van der Waals surface area contributed by atoms with Gasteiger partial charge >= 0.3 is 0 Å². The Hall–Kier alpha value is -1.91. The number of piperidine rings is 1. The van der Waals surface area contributed by atoms with Crippen molar-refractivity contribution >= 4 is 17.5 Å². The van der Waals surface area contributed by atoms with Crippen molar-refractivity contribution in [2.24, 2.45) is 0 Å². The predicted molar refractivity (Wildman–Crippen MR) is 103 cm³/mol. The van der Waals surface area contributed by atoms with E-state index in [1.807, 2.05) is 6.07 Å². The normalized spacial score (nSPS) is 17.9. The minimum Gasteiger partial charge on any atom is -0.337 e. The molecule has 3 rings (SSSR count). The number of nitrogens with zero attached hydrogens (tertiary/aromatic N) is 2. The van der Waals surface area contributed by atoms with Gasteiger partial charge in [-0.05, 0) is 49.6 Å². The molecule has 0 spiro atoms. The number of amides is 1. The van der Waals surface area contributed by atoms with E-state index >= 15 is 0 Å².